The van der Waals surface area contributed by atoms with Gasteiger partial charge in [0.15, 0.2) is 0 Å². The van der Waals surface area contributed by atoms with E-state index in [-0.39, 0.29) is 45.8 Å². The standard InChI is InChI=1S/C47H68N4O8S4/c1-7-48(60(52,53)44-26-18-40(3)19-27-44)34-14-16-38-50(62(56,57)46-30-22-42(5)23-31-46)36-12-10-9-11-13-37-51(63(58,59)47-32-24-43(6)25-33-47)39-17-15-35-49(8-2)61(54,55)45-28-20-41(4)21-29-45/h18-33H,7-17,34-39H2,1-6H3. The number of rotatable bonds is 28. The minimum atomic E-state index is -3.80. The first-order chi connectivity index (χ1) is 29.8. The average Bonchev–Trinajstić information content (AvgIpc) is 3.24. The SMILES string of the molecule is CCN(CCCCN(CCCCCCCN(CCCCN(CC)S(=O)(=O)c1ccc(C)cc1)S(=O)(=O)c1ccc(C)cc1)S(=O)(=O)c1ccc(C)cc1)S(=O)(=O)c1ccc(C)cc1. The van der Waals surface area contributed by atoms with Crippen LogP contribution < -0.4 is 0 Å². The van der Waals surface area contributed by atoms with Crippen molar-refractivity contribution in [3.63, 3.8) is 0 Å². The van der Waals surface area contributed by atoms with Gasteiger partial charge < -0.3 is 0 Å². The monoisotopic (exact) mass is 944 g/mol. The van der Waals surface area contributed by atoms with Crippen LogP contribution in [0.4, 0.5) is 0 Å². The molecule has 0 saturated carbocycles. The number of hydrogen-bond acceptors (Lipinski definition) is 8. The summed E-state index contributed by atoms with van der Waals surface area (Å²) >= 11 is 0. The molecule has 0 aromatic heterocycles. The highest BCUT2D eigenvalue weighted by Crippen LogP contribution is 2.23. The van der Waals surface area contributed by atoms with Crippen LogP contribution in [0.5, 0.6) is 0 Å². The topological polar surface area (TPSA) is 150 Å². The molecule has 4 aromatic carbocycles. The summed E-state index contributed by atoms with van der Waals surface area (Å²) in [7, 11) is -15.0. The van der Waals surface area contributed by atoms with Gasteiger partial charge in [-0.05, 0) is 115 Å². The minimum absolute atomic E-state index is 0.218. The van der Waals surface area contributed by atoms with E-state index in [2.05, 4.69) is 0 Å². The lowest BCUT2D eigenvalue weighted by atomic mass is 10.1. The lowest BCUT2D eigenvalue weighted by Gasteiger charge is -2.24. The molecule has 16 heteroatoms. The van der Waals surface area contributed by atoms with Crippen LogP contribution in [-0.2, 0) is 40.1 Å². The molecule has 0 aliphatic carbocycles. The first-order valence-electron chi connectivity index (χ1n) is 22.1. The molecule has 0 N–H and O–H groups in total. The van der Waals surface area contributed by atoms with Crippen molar-refractivity contribution in [3.05, 3.63) is 119 Å². The first-order valence-corrected chi connectivity index (χ1v) is 27.9. The predicted molar refractivity (Wildman–Crippen MR) is 253 cm³/mol. The number of aryl methyl sites for hydroxylation is 4. The van der Waals surface area contributed by atoms with Crippen molar-refractivity contribution in [1.29, 1.82) is 0 Å². The summed E-state index contributed by atoms with van der Waals surface area (Å²) in [5.74, 6) is 0. The molecule has 0 bridgehead atoms. The van der Waals surface area contributed by atoms with Gasteiger partial charge in [-0.1, -0.05) is 104 Å². The quantitative estimate of drug-likeness (QED) is 0.0515. The predicted octanol–water partition coefficient (Wildman–Crippen LogP) is 8.53. The van der Waals surface area contributed by atoms with Crippen LogP contribution in [0, 0.1) is 27.7 Å². The largest absolute Gasteiger partial charge is 0.243 e. The molecular formula is C47H68N4O8S4. The maximum Gasteiger partial charge on any atom is 0.243 e. The summed E-state index contributed by atoms with van der Waals surface area (Å²) in [5, 5.41) is 0. The van der Waals surface area contributed by atoms with E-state index in [1.807, 2.05) is 27.7 Å². The fraction of sp³-hybridized carbons (Fsp3) is 0.489. The molecule has 0 saturated heterocycles. The van der Waals surface area contributed by atoms with Crippen molar-refractivity contribution < 1.29 is 33.7 Å². The second-order valence-electron chi connectivity index (χ2n) is 16.2. The van der Waals surface area contributed by atoms with E-state index in [0.29, 0.717) is 64.7 Å². The summed E-state index contributed by atoms with van der Waals surface area (Å²) in [5.41, 5.74) is 3.84. The number of hydrogen-bond donors (Lipinski definition) is 0. The van der Waals surface area contributed by atoms with Crippen LogP contribution in [0.2, 0.25) is 0 Å². The molecule has 0 amide bonds. The van der Waals surface area contributed by atoms with E-state index in [1.165, 1.54) is 17.2 Å². The number of nitrogens with zero attached hydrogens (tertiary/aromatic N) is 4. The van der Waals surface area contributed by atoms with E-state index in [0.717, 1.165) is 41.5 Å². The van der Waals surface area contributed by atoms with Gasteiger partial charge in [0, 0.05) is 52.4 Å². The van der Waals surface area contributed by atoms with E-state index in [9.17, 15) is 33.7 Å². The van der Waals surface area contributed by atoms with E-state index in [1.54, 1.807) is 111 Å². The van der Waals surface area contributed by atoms with Gasteiger partial charge in [0.05, 0.1) is 19.6 Å². The Morgan fingerprint density at radius 3 is 0.683 bits per heavy atom. The third kappa shape index (κ3) is 14.8. The normalized spacial score (nSPS) is 12.9. The number of sulfonamides is 4. The number of unbranched alkanes of at least 4 members (excludes halogenated alkanes) is 6. The molecule has 0 unspecified atom stereocenters. The van der Waals surface area contributed by atoms with Gasteiger partial charge in [-0.15, -0.1) is 0 Å². The van der Waals surface area contributed by atoms with Crippen molar-refractivity contribution in [2.24, 2.45) is 0 Å². The first kappa shape index (κ1) is 52.1. The van der Waals surface area contributed by atoms with Crippen molar-refractivity contribution in [2.45, 2.75) is 119 Å². The average molecular weight is 945 g/mol. The van der Waals surface area contributed by atoms with Crippen LogP contribution in [0.15, 0.2) is 117 Å². The van der Waals surface area contributed by atoms with Gasteiger partial charge in [0.1, 0.15) is 0 Å². The Balaban J connectivity index is 1.33. The molecule has 0 aliphatic heterocycles. The summed E-state index contributed by atoms with van der Waals surface area (Å²) in [6.45, 7) is 13.5. The van der Waals surface area contributed by atoms with Crippen molar-refractivity contribution in [3.8, 4) is 0 Å². The molecule has 4 aromatic rings. The zero-order chi connectivity index (χ0) is 46.3. The molecule has 4 rings (SSSR count). The van der Waals surface area contributed by atoms with Crippen LogP contribution >= 0.6 is 0 Å². The smallest absolute Gasteiger partial charge is 0.207 e. The van der Waals surface area contributed by atoms with E-state index < -0.39 is 40.1 Å². The lowest BCUT2D eigenvalue weighted by molar-refractivity contribution is 0.360. The third-order valence-corrected chi connectivity index (χ3v) is 19.1. The molecule has 348 valence electrons. The summed E-state index contributed by atoms with van der Waals surface area (Å²) < 4.78 is 115. The van der Waals surface area contributed by atoms with Gasteiger partial charge in [0.25, 0.3) is 0 Å². The van der Waals surface area contributed by atoms with Crippen molar-refractivity contribution >= 4 is 40.1 Å². The molecule has 0 fully saturated rings. The molecular weight excluding hydrogens is 877 g/mol. The Morgan fingerprint density at radius 2 is 0.460 bits per heavy atom. The highest BCUT2D eigenvalue weighted by Gasteiger charge is 2.28. The molecule has 63 heavy (non-hydrogen) atoms. The molecule has 0 aliphatic rings. The summed E-state index contributed by atoms with van der Waals surface area (Å²) in [6.07, 6.45) is 5.43. The van der Waals surface area contributed by atoms with E-state index >= 15 is 0 Å². The fourth-order valence-electron chi connectivity index (χ4n) is 7.30. The van der Waals surface area contributed by atoms with Gasteiger partial charge >= 0.3 is 0 Å². The second kappa shape index (κ2) is 24.2. The minimum Gasteiger partial charge on any atom is -0.207 e. The summed E-state index contributed by atoms with van der Waals surface area (Å²) in [4.78, 5) is 0.912. The van der Waals surface area contributed by atoms with Gasteiger partial charge in [-0.2, -0.15) is 17.2 Å². The summed E-state index contributed by atoms with van der Waals surface area (Å²) in [6, 6.07) is 27.1. The second-order valence-corrected chi connectivity index (χ2v) is 24.0. The van der Waals surface area contributed by atoms with Gasteiger partial charge in [-0.3, -0.25) is 0 Å². The zero-order valence-corrected chi connectivity index (χ0v) is 41.2. The Hall–Kier alpha value is -3.48. The Bertz CT molecular complexity index is 2290. The van der Waals surface area contributed by atoms with Crippen LogP contribution in [-0.4, -0.2) is 103 Å². The van der Waals surface area contributed by atoms with Gasteiger partial charge in [-0.25, -0.2) is 33.7 Å². The van der Waals surface area contributed by atoms with Crippen molar-refractivity contribution in [2.75, 3.05) is 52.4 Å². The molecule has 0 atom stereocenters. The highest BCUT2D eigenvalue weighted by atomic mass is 32.2. The Labute approximate surface area is 379 Å². The molecule has 12 nitrogen and oxygen atoms in total. The van der Waals surface area contributed by atoms with Crippen LogP contribution in [0.3, 0.4) is 0 Å². The van der Waals surface area contributed by atoms with Crippen LogP contribution in [0.25, 0.3) is 0 Å². The van der Waals surface area contributed by atoms with Crippen molar-refractivity contribution in [1.82, 2.24) is 17.2 Å². The maximum atomic E-state index is 13.9. The maximum absolute atomic E-state index is 13.9. The van der Waals surface area contributed by atoms with E-state index in [4.69, 9.17) is 0 Å². The Morgan fingerprint density at radius 1 is 0.286 bits per heavy atom. The zero-order valence-electron chi connectivity index (χ0n) is 37.9. The van der Waals surface area contributed by atoms with Crippen LogP contribution in [0.1, 0.15) is 93.9 Å². The lowest BCUT2D eigenvalue weighted by Crippen LogP contribution is -2.35. The third-order valence-electron chi connectivity index (χ3n) is 11.3. The van der Waals surface area contributed by atoms with Gasteiger partial charge in [0.2, 0.25) is 40.1 Å². The number of benzene rings is 4. The molecule has 0 radical (unpaired) electrons. The molecule has 0 spiro atoms. The Kier molecular flexibility index (Phi) is 20.0. The molecule has 0 heterocycles. The highest BCUT2D eigenvalue weighted by molar-refractivity contribution is 7.90. The fourth-order valence-corrected chi connectivity index (χ4v) is 13.3.